The summed E-state index contributed by atoms with van der Waals surface area (Å²) in [5.41, 5.74) is 1.01. The van der Waals surface area contributed by atoms with Gasteiger partial charge in [-0.1, -0.05) is 17.7 Å². The first-order valence-electron chi connectivity index (χ1n) is 5.00. The van der Waals surface area contributed by atoms with Crippen LogP contribution in [-0.4, -0.2) is 0 Å². The van der Waals surface area contributed by atoms with E-state index in [0.717, 1.165) is 21.7 Å². The van der Waals surface area contributed by atoms with E-state index in [9.17, 15) is 0 Å². The molecule has 1 nitrogen and oxygen atoms in total. The van der Waals surface area contributed by atoms with Gasteiger partial charge in [-0.3, -0.25) is 0 Å². The molecule has 0 bridgehead atoms. The van der Waals surface area contributed by atoms with E-state index >= 15 is 0 Å². The zero-order valence-corrected chi connectivity index (χ0v) is 13.8. The van der Waals surface area contributed by atoms with Crippen molar-refractivity contribution in [2.45, 2.75) is 13.5 Å². The van der Waals surface area contributed by atoms with Gasteiger partial charge >= 0.3 is 0 Å². The number of anilines is 1. The summed E-state index contributed by atoms with van der Waals surface area (Å²) in [6.07, 6.45) is 0. The maximum atomic E-state index is 6.03. The maximum absolute atomic E-state index is 6.03. The molecule has 0 amide bonds. The van der Waals surface area contributed by atoms with Crippen LogP contribution >= 0.6 is 54.8 Å². The summed E-state index contributed by atoms with van der Waals surface area (Å²) in [6.45, 7) is 2.91. The first-order valence-corrected chi connectivity index (χ1v) is 7.78. The molecule has 0 saturated heterocycles. The fraction of sp³-hybridized carbons (Fsp3) is 0.167. The first-order chi connectivity index (χ1) is 8.08. The molecule has 2 aromatic rings. The lowest BCUT2D eigenvalue weighted by Gasteiger charge is -2.08. The van der Waals surface area contributed by atoms with Gasteiger partial charge in [0.15, 0.2) is 0 Å². The van der Waals surface area contributed by atoms with E-state index in [4.69, 9.17) is 11.6 Å². The van der Waals surface area contributed by atoms with Gasteiger partial charge in [-0.25, -0.2) is 0 Å². The lowest BCUT2D eigenvalue weighted by atomic mass is 10.3. The van der Waals surface area contributed by atoms with E-state index in [1.807, 2.05) is 18.2 Å². The normalized spacial score (nSPS) is 10.6. The van der Waals surface area contributed by atoms with Crippen molar-refractivity contribution < 1.29 is 0 Å². The fourth-order valence-corrected chi connectivity index (χ4v) is 3.55. The third-order valence-electron chi connectivity index (χ3n) is 2.31. The first kappa shape index (κ1) is 13.4. The van der Waals surface area contributed by atoms with Crippen molar-refractivity contribution in [1.82, 2.24) is 0 Å². The molecule has 2 rings (SSSR count). The second-order valence-corrected chi connectivity index (χ2v) is 6.97. The second-order valence-electron chi connectivity index (χ2n) is 3.57. The highest BCUT2D eigenvalue weighted by atomic mass is 79.9. The summed E-state index contributed by atoms with van der Waals surface area (Å²) >= 11 is 14.8. The Bertz CT molecular complexity index is 520. The van der Waals surface area contributed by atoms with Gasteiger partial charge in [-0.05, 0) is 57.0 Å². The number of halogens is 3. The largest absolute Gasteiger partial charge is 0.379 e. The number of hydrogen-bond acceptors (Lipinski definition) is 2. The van der Waals surface area contributed by atoms with Crippen LogP contribution in [0.25, 0.3) is 0 Å². The van der Waals surface area contributed by atoms with Gasteiger partial charge in [0.25, 0.3) is 0 Å². The molecular formula is C12H10Br2ClNS. The standard InChI is InChI=1S/C12H10Br2ClNS/c1-7-9(13)5-8(17-7)6-16-11-4-2-3-10(15)12(11)14/h2-5,16H,6H2,1H3. The molecule has 1 heterocycles. The van der Waals surface area contributed by atoms with Gasteiger partial charge in [-0.15, -0.1) is 11.3 Å². The van der Waals surface area contributed by atoms with Crippen molar-refractivity contribution in [3.63, 3.8) is 0 Å². The molecule has 0 radical (unpaired) electrons. The molecule has 0 fully saturated rings. The Balaban J connectivity index is 2.10. The molecular weight excluding hydrogens is 385 g/mol. The Hall–Kier alpha value is -0.0300. The number of thiophene rings is 1. The van der Waals surface area contributed by atoms with E-state index in [-0.39, 0.29) is 0 Å². The van der Waals surface area contributed by atoms with E-state index in [1.54, 1.807) is 11.3 Å². The van der Waals surface area contributed by atoms with Crippen LogP contribution in [0.5, 0.6) is 0 Å². The molecule has 0 unspecified atom stereocenters. The third kappa shape index (κ3) is 3.25. The van der Waals surface area contributed by atoms with Crippen LogP contribution in [-0.2, 0) is 6.54 Å². The van der Waals surface area contributed by atoms with Gasteiger partial charge in [0.2, 0.25) is 0 Å². The SMILES string of the molecule is Cc1sc(CNc2cccc(Cl)c2Br)cc1Br. The lowest BCUT2D eigenvalue weighted by molar-refractivity contribution is 1.19. The number of nitrogens with one attached hydrogen (secondary N) is 1. The highest BCUT2D eigenvalue weighted by molar-refractivity contribution is 9.11. The van der Waals surface area contributed by atoms with Crippen molar-refractivity contribution in [3.05, 3.63) is 48.0 Å². The predicted molar refractivity (Wildman–Crippen MR) is 83.2 cm³/mol. The van der Waals surface area contributed by atoms with Gasteiger partial charge < -0.3 is 5.32 Å². The van der Waals surface area contributed by atoms with Crippen molar-refractivity contribution in [2.75, 3.05) is 5.32 Å². The van der Waals surface area contributed by atoms with E-state index in [1.165, 1.54) is 14.2 Å². The Labute approximate surface area is 126 Å². The second kappa shape index (κ2) is 5.74. The maximum Gasteiger partial charge on any atom is 0.0593 e. The Morgan fingerprint density at radius 2 is 2.12 bits per heavy atom. The van der Waals surface area contributed by atoms with E-state index in [0.29, 0.717) is 0 Å². The smallest absolute Gasteiger partial charge is 0.0593 e. The summed E-state index contributed by atoms with van der Waals surface area (Å²) in [4.78, 5) is 2.59. The molecule has 5 heteroatoms. The number of rotatable bonds is 3. The number of benzene rings is 1. The minimum absolute atomic E-state index is 0.721. The van der Waals surface area contributed by atoms with Gasteiger partial charge in [0.1, 0.15) is 0 Å². The highest BCUT2D eigenvalue weighted by Crippen LogP contribution is 2.31. The molecule has 0 spiro atoms. The molecule has 1 N–H and O–H groups in total. The van der Waals surface area contributed by atoms with Crippen molar-refractivity contribution >= 4 is 60.5 Å². The summed E-state index contributed by atoms with van der Waals surface area (Å²) in [6, 6.07) is 7.95. The molecule has 1 aromatic heterocycles. The van der Waals surface area contributed by atoms with Crippen molar-refractivity contribution in [2.24, 2.45) is 0 Å². The minimum Gasteiger partial charge on any atom is -0.379 e. The third-order valence-corrected chi connectivity index (χ3v) is 5.85. The minimum atomic E-state index is 0.721. The van der Waals surface area contributed by atoms with Crippen molar-refractivity contribution in [3.8, 4) is 0 Å². The molecule has 0 aliphatic rings. The molecule has 1 aromatic carbocycles. The highest BCUT2D eigenvalue weighted by Gasteiger charge is 2.05. The monoisotopic (exact) mass is 393 g/mol. The molecule has 0 aliphatic carbocycles. The van der Waals surface area contributed by atoms with Crippen LogP contribution in [0.2, 0.25) is 5.02 Å². The van der Waals surface area contributed by atoms with Crippen LogP contribution in [0.1, 0.15) is 9.75 Å². The van der Waals surface area contributed by atoms with Crippen LogP contribution in [0.4, 0.5) is 5.69 Å². The summed E-state index contributed by atoms with van der Waals surface area (Å²) in [7, 11) is 0. The van der Waals surface area contributed by atoms with Gasteiger partial charge in [-0.2, -0.15) is 0 Å². The average Bonchev–Trinajstić information content (AvgIpc) is 2.61. The topological polar surface area (TPSA) is 12.0 Å². The quantitative estimate of drug-likeness (QED) is 0.688. The summed E-state index contributed by atoms with van der Waals surface area (Å²) < 4.78 is 2.08. The lowest BCUT2D eigenvalue weighted by Crippen LogP contribution is -1.98. The van der Waals surface area contributed by atoms with Crippen LogP contribution in [0.3, 0.4) is 0 Å². The summed E-state index contributed by atoms with van der Waals surface area (Å²) in [5, 5.41) is 4.09. The molecule has 0 atom stereocenters. The molecule has 0 saturated carbocycles. The Morgan fingerprint density at radius 3 is 2.76 bits per heavy atom. The van der Waals surface area contributed by atoms with Crippen molar-refractivity contribution in [1.29, 1.82) is 0 Å². The Morgan fingerprint density at radius 1 is 1.35 bits per heavy atom. The van der Waals surface area contributed by atoms with E-state index < -0.39 is 0 Å². The molecule has 17 heavy (non-hydrogen) atoms. The van der Waals surface area contributed by atoms with Crippen LogP contribution in [0, 0.1) is 6.92 Å². The van der Waals surface area contributed by atoms with E-state index in [2.05, 4.69) is 50.2 Å². The average molecular weight is 396 g/mol. The zero-order chi connectivity index (χ0) is 12.4. The number of aryl methyl sites for hydroxylation is 1. The molecule has 90 valence electrons. The molecule has 0 aliphatic heterocycles. The predicted octanol–water partition coefficient (Wildman–Crippen LogP) is 5.85. The van der Waals surface area contributed by atoms with Gasteiger partial charge in [0, 0.05) is 20.8 Å². The van der Waals surface area contributed by atoms with Crippen LogP contribution in [0.15, 0.2) is 33.2 Å². The zero-order valence-electron chi connectivity index (χ0n) is 9.06. The van der Waals surface area contributed by atoms with Crippen LogP contribution < -0.4 is 5.32 Å². The fourth-order valence-electron chi connectivity index (χ4n) is 1.43. The number of hydrogen-bond donors (Lipinski definition) is 1. The summed E-state index contributed by atoms with van der Waals surface area (Å²) in [5.74, 6) is 0. The Kier molecular flexibility index (Phi) is 4.53. The van der Waals surface area contributed by atoms with Gasteiger partial charge in [0.05, 0.1) is 15.2 Å².